The summed E-state index contributed by atoms with van der Waals surface area (Å²) < 4.78 is 18.6. The number of nitrogens with one attached hydrogen (secondary N) is 2. The Morgan fingerprint density at radius 2 is 1.86 bits per heavy atom. The summed E-state index contributed by atoms with van der Waals surface area (Å²) >= 11 is 0. The molecule has 0 heterocycles. The van der Waals surface area contributed by atoms with Crippen LogP contribution in [0.3, 0.4) is 0 Å². The van der Waals surface area contributed by atoms with E-state index in [-0.39, 0.29) is 5.69 Å². The van der Waals surface area contributed by atoms with Crippen LogP contribution in [0.5, 0.6) is 5.75 Å². The van der Waals surface area contributed by atoms with Crippen molar-refractivity contribution in [3.8, 4) is 5.75 Å². The molecular formula is C16H17FN2O2. The summed E-state index contributed by atoms with van der Waals surface area (Å²) in [6, 6.07) is 13.2. The maximum atomic E-state index is 13.4. The summed E-state index contributed by atoms with van der Waals surface area (Å²) in [5.74, 6) is 0.325. The topological polar surface area (TPSA) is 50.4 Å². The standard InChI is InChI=1S/C16H17FN2O2/c1-21-15-9-5-2-6-12(15)10-11-18-16(20)19-14-8-4-3-7-13(14)17/h2-9H,10-11H2,1H3,(H2,18,19,20). The second kappa shape index (κ2) is 7.28. The third-order valence-electron chi connectivity index (χ3n) is 2.99. The van der Waals surface area contributed by atoms with Crippen molar-refractivity contribution in [2.24, 2.45) is 0 Å². The van der Waals surface area contributed by atoms with Gasteiger partial charge in [0.25, 0.3) is 0 Å². The molecule has 0 radical (unpaired) electrons. The molecule has 110 valence electrons. The average Bonchev–Trinajstić information content (AvgIpc) is 2.50. The first kappa shape index (κ1) is 14.8. The van der Waals surface area contributed by atoms with E-state index in [0.717, 1.165) is 11.3 Å². The van der Waals surface area contributed by atoms with Gasteiger partial charge in [0.1, 0.15) is 11.6 Å². The highest BCUT2D eigenvalue weighted by molar-refractivity contribution is 5.89. The summed E-state index contributed by atoms with van der Waals surface area (Å²) in [5.41, 5.74) is 1.17. The fourth-order valence-electron chi connectivity index (χ4n) is 1.95. The maximum Gasteiger partial charge on any atom is 0.319 e. The molecule has 2 amide bonds. The first-order valence-electron chi connectivity index (χ1n) is 6.62. The molecule has 0 bridgehead atoms. The SMILES string of the molecule is COc1ccccc1CCNC(=O)Nc1ccccc1F. The fraction of sp³-hybridized carbons (Fsp3) is 0.188. The number of urea groups is 1. The van der Waals surface area contributed by atoms with E-state index in [0.29, 0.717) is 13.0 Å². The minimum absolute atomic E-state index is 0.160. The Morgan fingerprint density at radius 3 is 2.62 bits per heavy atom. The van der Waals surface area contributed by atoms with E-state index in [1.807, 2.05) is 24.3 Å². The number of hydrogen-bond acceptors (Lipinski definition) is 2. The Morgan fingerprint density at radius 1 is 1.14 bits per heavy atom. The van der Waals surface area contributed by atoms with Crippen LogP contribution >= 0.6 is 0 Å². The van der Waals surface area contributed by atoms with Crippen molar-refractivity contribution < 1.29 is 13.9 Å². The van der Waals surface area contributed by atoms with Crippen LogP contribution in [0.1, 0.15) is 5.56 Å². The molecule has 0 aliphatic carbocycles. The van der Waals surface area contributed by atoms with Gasteiger partial charge in [-0.25, -0.2) is 9.18 Å². The van der Waals surface area contributed by atoms with Crippen LogP contribution in [-0.4, -0.2) is 19.7 Å². The number of halogens is 1. The number of methoxy groups -OCH3 is 1. The van der Waals surface area contributed by atoms with Crippen LogP contribution in [0, 0.1) is 5.82 Å². The van der Waals surface area contributed by atoms with Crippen molar-refractivity contribution in [2.75, 3.05) is 19.0 Å². The van der Waals surface area contributed by atoms with Crippen LogP contribution in [-0.2, 0) is 6.42 Å². The second-order valence-electron chi connectivity index (χ2n) is 4.42. The van der Waals surface area contributed by atoms with Crippen molar-refractivity contribution in [1.29, 1.82) is 0 Å². The average molecular weight is 288 g/mol. The Hall–Kier alpha value is -2.56. The van der Waals surface area contributed by atoms with E-state index < -0.39 is 11.8 Å². The van der Waals surface area contributed by atoms with Crippen molar-refractivity contribution in [1.82, 2.24) is 5.32 Å². The van der Waals surface area contributed by atoms with Gasteiger partial charge in [-0.05, 0) is 30.2 Å². The molecule has 2 aromatic rings. The molecular weight excluding hydrogens is 271 g/mol. The van der Waals surface area contributed by atoms with Gasteiger partial charge < -0.3 is 15.4 Å². The number of benzene rings is 2. The highest BCUT2D eigenvalue weighted by atomic mass is 19.1. The van der Waals surface area contributed by atoms with Gasteiger partial charge in [-0.3, -0.25) is 0 Å². The van der Waals surface area contributed by atoms with Gasteiger partial charge in [0.2, 0.25) is 0 Å². The smallest absolute Gasteiger partial charge is 0.319 e. The lowest BCUT2D eigenvalue weighted by Gasteiger charge is -2.10. The Kier molecular flexibility index (Phi) is 5.15. The first-order chi connectivity index (χ1) is 10.2. The molecule has 0 saturated carbocycles. The van der Waals surface area contributed by atoms with Crippen LogP contribution in [0.25, 0.3) is 0 Å². The minimum Gasteiger partial charge on any atom is -0.496 e. The zero-order chi connectivity index (χ0) is 15.1. The zero-order valence-electron chi connectivity index (χ0n) is 11.7. The lowest BCUT2D eigenvalue weighted by atomic mass is 10.1. The van der Waals surface area contributed by atoms with Crippen LogP contribution < -0.4 is 15.4 Å². The Balaban J connectivity index is 1.83. The lowest BCUT2D eigenvalue weighted by molar-refractivity contribution is 0.252. The number of anilines is 1. The third kappa shape index (κ3) is 4.21. The fourth-order valence-corrected chi connectivity index (χ4v) is 1.95. The van der Waals surface area contributed by atoms with Crippen molar-refractivity contribution in [3.05, 3.63) is 59.9 Å². The van der Waals surface area contributed by atoms with E-state index in [9.17, 15) is 9.18 Å². The van der Waals surface area contributed by atoms with Gasteiger partial charge in [-0.15, -0.1) is 0 Å². The molecule has 0 saturated heterocycles. The molecule has 0 spiro atoms. The van der Waals surface area contributed by atoms with Crippen LogP contribution in [0.2, 0.25) is 0 Å². The van der Waals surface area contributed by atoms with Crippen LogP contribution in [0.15, 0.2) is 48.5 Å². The molecule has 2 aromatic carbocycles. The van der Waals surface area contributed by atoms with E-state index in [1.165, 1.54) is 12.1 Å². The highest BCUT2D eigenvalue weighted by Crippen LogP contribution is 2.17. The van der Waals surface area contributed by atoms with Gasteiger partial charge >= 0.3 is 6.03 Å². The lowest BCUT2D eigenvalue weighted by Crippen LogP contribution is -2.30. The van der Waals surface area contributed by atoms with E-state index in [4.69, 9.17) is 4.74 Å². The monoisotopic (exact) mass is 288 g/mol. The molecule has 0 atom stereocenters. The van der Waals surface area contributed by atoms with E-state index in [1.54, 1.807) is 19.2 Å². The number of ether oxygens (including phenoxy) is 1. The van der Waals surface area contributed by atoms with Gasteiger partial charge in [0, 0.05) is 6.54 Å². The summed E-state index contributed by atoms with van der Waals surface area (Å²) in [5, 5.41) is 5.15. The number of carbonyl (C=O) groups excluding carboxylic acids is 1. The van der Waals surface area contributed by atoms with Gasteiger partial charge in [-0.1, -0.05) is 30.3 Å². The Bertz CT molecular complexity index is 617. The molecule has 5 heteroatoms. The second-order valence-corrected chi connectivity index (χ2v) is 4.42. The summed E-state index contributed by atoms with van der Waals surface area (Å²) in [7, 11) is 1.61. The van der Waals surface area contributed by atoms with Crippen LogP contribution in [0.4, 0.5) is 14.9 Å². The third-order valence-corrected chi connectivity index (χ3v) is 2.99. The molecule has 0 aromatic heterocycles. The zero-order valence-corrected chi connectivity index (χ0v) is 11.7. The summed E-state index contributed by atoms with van der Waals surface area (Å²) in [6.45, 7) is 0.431. The number of amides is 2. The summed E-state index contributed by atoms with van der Waals surface area (Å²) in [4.78, 5) is 11.7. The Labute approximate surface area is 122 Å². The normalized spacial score (nSPS) is 10.0. The van der Waals surface area contributed by atoms with Gasteiger partial charge in [0.05, 0.1) is 12.8 Å². The van der Waals surface area contributed by atoms with E-state index in [2.05, 4.69) is 10.6 Å². The molecule has 0 aliphatic rings. The molecule has 4 nitrogen and oxygen atoms in total. The molecule has 0 fully saturated rings. The van der Waals surface area contributed by atoms with Crippen molar-refractivity contribution >= 4 is 11.7 Å². The molecule has 21 heavy (non-hydrogen) atoms. The number of hydrogen-bond donors (Lipinski definition) is 2. The number of para-hydroxylation sites is 2. The molecule has 0 unspecified atom stereocenters. The maximum absolute atomic E-state index is 13.4. The number of rotatable bonds is 5. The highest BCUT2D eigenvalue weighted by Gasteiger charge is 2.06. The first-order valence-corrected chi connectivity index (χ1v) is 6.62. The van der Waals surface area contributed by atoms with Crippen molar-refractivity contribution in [2.45, 2.75) is 6.42 Å². The predicted molar refractivity (Wildman–Crippen MR) is 80.1 cm³/mol. The van der Waals surface area contributed by atoms with E-state index >= 15 is 0 Å². The molecule has 2 rings (SSSR count). The molecule has 2 N–H and O–H groups in total. The predicted octanol–water partition coefficient (Wildman–Crippen LogP) is 3.20. The van der Waals surface area contributed by atoms with Gasteiger partial charge in [-0.2, -0.15) is 0 Å². The minimum atomic E-state index is -0.461. The largest absolute Gasteiger partial charge is 0.496 e. The summed E-state index contributed by atoms with van der Waals surface area (Å²) in [6.07, 6.45) is 0.634. The number of carbonyl (C=O) groups is 1. The van der Waals surface area contributed by atoms with Crippen molar-refractivity contribution in [3.63, 3.8) is 0 Å². The molecule has 0 aliphatic heterocycles. The quantitative estimate of drug-likeness (QED) is 0.887. The van der Waals surface area contributed by atoms with Gasteiger partial charge in [0.15, 0.2) is 0 Å².